The Kier molecular flexibility index (Phi) is 5.89. The molecule has 2 aliphatic rings. The number of thiophene rings is 1. The maximum Gasteiger partial charge on any atom is 0.267 e. The monoisotopic (exact) mass is 453 g/mol. The van der Waals surface area contributed by atoms with Gasteiger partial charge in [0.1, 0.15) is 4.83 Å². The molecule has 0 radical (unpaired) electrons. The highest BCUT2D eigenvalue weighted by molar-refractivity contribution is 7.99. The number of carbonyl (C=O) groups excluding carboxylic acids is 1. The van der Waals surface area contributed by atoms with E-state index in [-0.39, 0.29) is 23.3 Å². The van der Waals surface area contributed by atoms with Crippen LogP contribution in [0.3, 0.4) is 0 Å². The van der Waals surface area contributed by atoms with Crippen molar-refractivity contribution in [3.05, 3.63) is 51.6 Å². The standard InChI is InChI=1S/C24H27N3O2S2/c1-15-7-11-17(12-8-15)25-20(28)14-31-24-26-22-21(19(13-30-22)16-9-10-16)23(29)27(24)18-5-3-2-4-6-18/h2-6,13,15-17H,7-12,14H2,1H3,(H,25,28). The summed E-state index contributed by atoms with van der Waals surface area (Å²) in [5.41, 5.74) is 1.91. The van der Waals surface area contributed by atoms with Crippen molar-refractivity contribution >= 4 is 39.2 Å². The minimum Gasteiger partial charge on any atom is -0.353 e. The number of hydrogen-bond acceptors (Lipinski definition) is 5. The number of carbonyl (C=O) groups is 1. The first-order valence-corrected chi connectivity index (χ1v) is 13.0. The Balaban J connectivity index is 1.42. The van der Waals surface area contributed by atoms with Crippen LogP contribution >= 0.6 is 23.1 Å². The smallest absolute Gasteiger partial charge is 0.267 e. The average molecular weight is 454 g/mol. The molecular formula is C24H27N3O2S2. The first-order chi connectivity index (χ1) is 15.1. The Bertz CT molecular complexity index is 1140. The molecule has 2 fully saturated rings. The van der Waals surface area contributed by atoms with Crippen molar-refractivity contribution in [1.29, 1.82) is 0 Å². The zero-order chi connectivity index (χ0) is 21.4. The summed E-state index contributed by atoms with van der Waals surface area (Å²) in [5.74, 6) is 1.53. The lowest BCUT2D eigenvalue weighted by molar-refractivity contribution is -0.119. The number of para-hydroxylation sites is 1. The van der Waals surface area contributed by atoms with Gasteiger partial charge in [-0.05, 0) is 73.4 Å². The van der Waals surface area contributed by atoms with Gasteiger partial charge in [-0.1, -0.05) is 36.9 Å². The summed E-state index contributed by atoms with van der Waals surface area (Å²) in [4.78, 5) is 31.8. The van der Waals surface area contributed by atoms with Crippen molar-refractivity contribution in [1.82, 2.24) is 14.9 Å². The van der Waals surface area contributed by atoms with Crippen molar-refractivity contribution in [2.24, 2.45) is 5.92 Å². The van der Waals surface area contributed by atoms with E-state index in [1.807, 2.05) is 30.3 Å². The fraction of sp³-hybridized carbons (Fsp3) is 0.458. The van der Waals surface area contributed by atoms with Crippen LogP contribution in [0, 0.1) is 5.92 Å². The van der Waals surface area contributed by atoms with Gasteiger partial charge in [0.2, 0.25) is 5.91 Å². The van der Waals surface area contributed by atoms with Crippen LogP contribution in [0.1, 0.15) is 56.9 Å². The van der Waals surface area contributed by atoms with Crippen LogP contribution < -0.4 is 10.9 Å². The Morgan fingerprint density at radius 1 is 1.16 bits per heavy atom. The van der Waals surface area contributed by atoms with Crippen molar-refractivity contribution in [3.8, 4) is 5.69 Å². The van der Waals surface area contributed by atoms with E-state index in [0.717, 1.165) is 53.1 Å². The second-order valence-electron chi connectivity index (χ2n) is 8.83. The van der Waals surface area contributed by atoms with Gasteiger partial charge in [-0.25, -0.2) is 4.98 Å². The molecule has 1 N–H and O–H groups in total. The van der Waals surface area contributed by atoms with Crippen LogP contribution in [0.15, 0.2) is 45.7 Å². The molecule has 0 bridgehead atoms. The Labute approximate surface area is 190 Å². The molecule has 2 heterocycles. The third-order valence-corrected chi connectivity index (χ3v) is 8.18. The number of nitrogens with zero attached hydrogens (tertiary/aromatic N) is 2. The summed E-state index contributed by atoms with van der Waals surface area (Å²) >= 11 is 2.89. The van der Waals surface area contributed by atoms with Gasteiger partial charge in [-0.15, -0.1) is 11.3 Å². The van der Waals surface area contributed by atoms with Gasteiger partial charge in [0.25, 0.3) is 5.56 Å². The molecule has 31 heavy (non-hydrogen) atoms. The molecule has 0 spiro atoms. The van der Waals surface area contributed by atoms with Crippen molar-refractivity contribution in [3.63, 3.8) is 0 Å². The zero-order valence-corrected chi connectivity index (χ0v) is 19.3. The molecule has 0 unspecified atom stereocenters. The predicted octanol–water partition coefficient (Wildman–Crippen LogP) is 5.11. The largest absolute Gasteiger partial charge is 0.353 e. The minimum atomic E-state index is -0.0245. The van der Waals surface area contributed by atoms with Crippen molar-refractivity contribution in [2.45, 2.75) is 62.6 Å². The molecule has 2 aliphatic carbocycles. The number of fused-ring (bicyclic) bond motifs is 1. The maximum atomic E-state index is 13.6. The molecule has 0 saturated heterocycles. The number of benzene rings is 1. The van der Waals surface area contributed by atoms with Gasteiger partial charge in [0.05, 0.1) is 16.8 Å². The topological polar surface area (TPSA) is 64.0 Å². The molecule has 162 valence electrons. The maximum absolute atomic E-state index is 13.6. The Morgan fingerprint density at radius 3 is 2.61 bits per heavy atom. The minimum absolute atomic E-state index is 0.0170. The molecule has 0 atom stereocenters. The molecule has 5 nitrogen and oxygen atoms in total. The molecule has 1 aromatic carbocycles. The lowest BCUT2D eigenvalue weighted by Gasteiger charge is -2.26. The number of thioether (sulfide) groups is 1. The molecule has 2 saturated carbocycles. The fourth-order valence-corrected chi connectivity index (χ4v) is 6.28. The molecule has 2 aromatic heterocycles. The summed E-state index contributed by atoms with van der Waals surface area (Å²) in [6, 6.07) is 9.90. The van der Waals surface area contributed by atoms with Crippen molar-refractivity contribution < 1.29 is 4.79 Å². The Morgan fingerprint density at radius 2 is 1.90 bits per heavy atom. The van der Waals surface area contributed by atoms with E-state index >= 15 is 0 Å². The number of amides is 1. The van der Waals surface area contributed by atoms with Gasteiger partial charge >= 0.3 is 0 Å². The molecule has 3 aromatic rings. The number of hydrogen-bond donors (Lipinski definition) is 1. The van der Waals surface area contributed by atoms with E-state index in [1.54, 1.807) is 4.57 Å². The van der Waals surface area contributed by atoms with E-state index in [1.165, 1.54) is 35.9 Å². The van der Waals surface area contributed by atoms with Crippen LogP contribution in [-0.2, 0) is 4.79 Å². The second-order valence-corrected chi connectivity index (χ2v) is 10.6. The molecule has 7 heteroatoms. The van der Waals surface area contributed by atoms with Crippen LogP contribution in [0.5, 0.6) is 0 Å². The SMILES string of the molecule is CC1CCC(NC(=O)CSc2nc3scc(C4CC4)c3c(=O)n2-c2ccccc2)CC1. The van der Waals surface area contributed by atoms with E-state index < -0.39 is 0 Å². The summed E-state index contributed by atoms with van der Waals surface area (Å²) < 4.78 is 1.68. The predicted molar refractivity (Wildman–Crippen MR) is 127 cm³/mol. The first-order valence-electron chi connectivity index (χ1n) is 11.1. The van der Waals surface area contributed by atoms with Gasteiger partial charge in [-0.3, -0.25) is 14.2 Å². The molecule has 1 amide bonds. The summed E-state index contributed by atoms with van der Waals surface area (Å²) in [5, 5.41) is 6.61. The number of rotatable bonds is 6. The molecule has 5 rings (SSSR count). The van der Waals surface area contributed by atoms with E-state index in [2.05, 4.69) is 17.6 Å². The summed E-state index contributed by atoms with van der Waals surface area (Å²) in [6.45, 7) is 2.28. The third-order valence-electron chi connectivity index (χ3n) is 6.35. The molecular weight excluding hydrogens is 426 g/mol. The van der Waals surface area contributed by atoms with E-state index in [4.69, 9.17) is 4.98 Å². The number of nitrogens with one attached hydrogen (secondary N) is 1. The summed E-state index contributed by atoms with van der Waals surface area (Å²) in [7, 11) is 0. The van der Waals surface area contributed by atoms with Crippen LogP contribution in [0.25, 0.3) is 15.9 Å². The summed E-state index contributed by atoms with van der Waals surface area (Å²) in [6.07, 6.45) is 6.74. The quantitative estimate of drug-likeness (QED) is 0.416. The van der Waals surface area contributed by atoms with Crippen LogP contribution in [0.2, 0.25) is 0 Å². The Hall–Kier alpha value is -2.12. The molecule has 0 aliphatic heterocycles. The van der Waals surface area contributed by atoms with Gasteiger partial charge < -0.3 is 5.32 Å². The highest BCUT2D eigenvalue weighted by Gasteiger charge is 2.29. The second kappa shape index (κ2) is 8.79. The normalized spacial score (nSPS) is 21.3. The van der Waals surface area contributed by atoms with E-state index in [9.17, 15) is 9.59 Å². The van der Waals surface area contributed by atoms with Gasteiger partial charge in [0.15, 0.2) is 5.16 Å². The van der Waals surface area contributed by atoms with Crippen LogP contribution in [0.4, 0.5) is 0 Å². The lowest BCUT2D eigenvalue weighted by atomic mass is 9.87. The van der Waals surface area contributed by atoms with Crippen LogP contribution in [-0.4, -0.2) is 27.3 Å². The van der Waals surface area contributed by atoms with Crippen molar-refractivity contribution in [2.75, 3.05) is 5.75 Å². The average Bonchev–Trinajstić information content (AvgIpc) is 3.53. The third kappa shape index (κ3) is 4.44. The highest BCUT2D eigenvalue weighted by atomic mass is 32.2. The van der Waals surface area contributed by atoms with Gasteiger partial charge in [0, 0.05) is 6.04 Å². The van der Waals surface area contributed by atoms with Gasteiger partial charge in [-0.2, -0.15) is 0 Å². The number of aromatic nitrogens is 2. The highest BCUT2D eigenvalue weighted by Crippen LogP contribution is 2.44. The zero-order valence-electron chi connectivity index (χ0n) is 17.7. The lowest BCUT2D eigenvalue weighted by Crippen LogP contribution is -2.38. The van der Waals surface area contributed by atoms with E-state index in [0.29, 0.717) is 11.1 Å². The first kappa shape index (κ1) is 20.8. The fourth-order valence-electron chi connectivity index (χ4n) is 4.39.